The molecule has 3 fully saturated rings. The molecule has 4 atom stereocenters. The number of aromatic nitrogens is 2. The summed E-state index contributed by atoms with van der Waals surface area (Å²) in [6.07, 6.45) is 8.02. The third-order valence-electron chi connectivity index (χ3n) is 10.1. The number of carbonyl (C=O) groups is 1. The maximum atomic E-state index is 14.2. The van der Waals surface area contributed by atoms with Gasteiger partial charge in [0, 0.05) is 31.1 Å². The van der Waals surface area contributed by atoms with E-state index in [0.29, 0.717) is 17.8 Å². The number of aryl methyl sites for hydroxylation is 1. The molecule has 1 N–H and O–H groups in total. The van der Waals surface area contributed by atoms with Crippen LogP contribution in [0.25, 0.3) is 0 Å². The van der Waals surface area contributed by atoms with Crippen molar-refractivity contribution in [1.82, 2.24) is 14.7 Å². The van der Waals surface area contributed by atoms with Crippen LogP contribution in [0, 0.1) is 29.5 Å². The Morgan fingerprint density at radius 1 is 1.02 bits per heavy atom. The summed E-state index contributed by atoms with van der Waals surface area (Å²) in [7, 11) is 0. The predicted molar refractivity (Wildman–Crippen MR) is 159 cm³/mol. The number of hydrogen-bond acceptors (Lipinski definition) is 3. The fourth-order valence-corrected chi connectivity index (χ4v) is 7.75. The number of likely N-dealkylation sites (tertiary alicyclic amines) is 1. The van der Waals surface area contributed by atoms with E-state index >= 15 is 0 Å². The van der Waals surface area contributed by atoms with E-state index in [1.165, 1.54) is 30.2 Å². The number of carboxylic acid groups (broad SMARTS) is 1. The number of rotatable bonds is 11. The summed E-state index contributed by atoms with van der Waals surface area (Å²) < 4.78 is 16.4. The second-order valence-corrected chi connectivity index (χ2v) is 12.9. The Morgan fingerprint density at radius 2 is 1.80 bits per heavy atom. The largest absolute Gasteiger partial charge is 0.481 e. The fraction of sp³-hybridized carbons (Fsp3) is 0.543. The molecule has 6 rings (SSSR count). The van der Waals surface area contributed by atoms with Gasteiger partial charge in [-0.1, -0.05) is 55.3 Å². The van der Waals surface area contributed by atoms with E-state index in [9.17, 15) is 14.3 Å². The first-order valence-corrected chi connectivity index (χ1v) is 15.8. The molecule has 6 heteroatoms. The van der Waals surface area contributed by atoms with Gasteiger partial charge in [0.25, 0.3) is 0 Å². The van der Waals surface area contributed by atoms with Crippen molar-refractivity contribution in [2.45, 2.75) is 76.7 Å². The normalized spacial score (nSPS) is 24.5. The van der Waals surface area contributed by atoms with Crippen LogP contribution >= 0.6 is 0 Å². The minimum atomic E-state index is -0.638. The van der Waals surface area contributed by atoms with Gasteiger partial charge in [-0.15, -0.1) is 0 Å². The highest BCUT2D eigenvalue weighted by atomic mass is 19.1. The van der Waals surface area contributed by atoms with Gasteiger partial charge in [0.15, 0.2) is 0 Å². The number of carboxylic acids is 1. The van der Waals surface area contributed by atoms with Crippen LogP contribution in [0.1, 0.15) is 86.2 Å². The Labute approximate surface area is 243 Å². The molecule has 2 heterocycles. The van der Waals surface area contributed by atoms with Crippen LogP contribution in [0.5, 0.6) is 0 Å². The summed E-state index contributed by atoms with van der Waals surface area (Å²) in [5.41, 5.74) is 4.84. The molecule has 3 aromatic rings. The lowest BCUT2D eigenvalue weighted by molar-refractivity contribution is -0.144. The summed E-state index contributed by atoms with van der Waals surface area (Å²) in [6, 6.07) is 19.9. The van der Waals surface area contributed by atoms with E-state index < -0.39 is 5.97 Å². The number of piperidine rings is 1. The van der Waals surface area contributed by atoms with Crippen molar-refractivity contribution in [3.8, 4) is 0 Å². The van der Waals surface area contributed by atoms with E-state index in [-0.39, 0.29) is 23.6 Å². The van der Waals surface area contributed by atoms with Gasteiger partial charge < -0.3 is 10.0 Å². The van der Waals surface area contributed by atoms with Gasteiger partial charge in [0.05, 0.1) is 11.6 Å². The van der Waals surface area contributed by atoms with Crippen LogP contribution in [0.4, 0.5) is 4.39 Å². The molecule has 3 aliphatic rings. The van der Waals surface area contributed by atoms with Crippen LogP contribution in [-0.4, -0.2) is 45.4 Å². The Kier molecular flexibility index (Phi) is 8.57. The molecule has 2 saturated carbocycles. The zero-order valence-electron chi connectivity index (χ0n) is 24.3. The molecule has 1 aliphatic heterocycles. The molecular weight excluding hydrogens is 513 g/mol. The summed E-state index contributed by atoms with van der Waals surface area (Å²) in [5.74, 6) is 0.743. The Hall–Kier alpha value is -2.99. The van der Waals surface area contributed by atoms with Crippen molar-refractivity contribution in [2.24, 2.45) is 23.7 Å². The molecule has 2 aliphatic carbocycles. The molecule has 3 unspecified atom stereocenters. The Balaban J connectivity index is 1.12. The molecule has 218 valence electrons. The van der Waals surface area contributed by atoms with Gasteiger partial charge in [-0.2, -0.15) is 5.10 Å². The molecule has 2 aromatic carbocycles. The highest BCUT2D eigenvalue weighted by molar-refractivity contribution is 5.70. The Morgan fingerprint density at radius 3 is 2.49 bits per heavy atom. The summed E-state index contributed by atoms with van der Waals surface area (Å²) >= 11 is 0. The van der Waals surface area contributed by atoms with Gasteiger partial charge in [-0.05, 0) is 105 Å². The third kappa shape index (κ3) is 6.74. The van der Waals surface area contributed by atoms with Gasteiger partial charge in [-0.3, -0.25) is 9.48 Å². The lowest BCUT2D eigenvalue weighted by Gasteiger charge is -2.35. The van der Waals surface area contributed by atoms with Crippen LogP contribution in [0.15, 0.2) is 60.7 Å². The van der Waals surface area contributed by atoms with Gasteiger partial charge in [0.2, 0.25) is 0 Å². The third-order valence-corrected chi connectivity index (χ3v) is 10.1. The van der Waals surface area contributed by atoms with E-state index in [4.69, 9.17) is 5.10 Å². The van der Waals surface area contributed by atoms with Crippen molar-refractivity contribution < 1.29 is 14.3 Å². The summed E-state index contributed by atoms with van der Waals surface area (Å²) in [4.78, 5) is 14.9. The average Bonchev–Trinajstić information content (AvgIpc) is 3.57. The number of hydrogen-bond donors (Lipinski definition) is 1. The molecule has 0 bridgehead atoms. The van der Waals surface area contributed by atoms with Crippen molar-refractivity contribution in [3.63, 3.8) is 0 Å². The molecule has 0 radical (unpaired) electrons. The first-order chi connectivity index (χ1) is 20.0. The smallest absolute Gasteiger partial charge is 0.306 e. The van der Waals surface area contributed by atoms with E-state index in [1.807, 2.05) is 12.1 Å². The van der Waals surface area contributed by atoms with Crippen LogP contribution in [0.3, 0.4) is 0 Å². The second kappa shape index (κ2) is 12.5. The zero-order chi connectivity index (χ0) is 28.3. The quantitative estimate of drug-likeness (QED) is 0.273. The number of nitrogens with zero attached hydrogens (tertiary/aromatic N) is 3. The lowest BCUT2D eigenvalue weighted by atomic mass is 9.85. The average molecular weight is 558 g/mol. The Bertz CT molecular complexity index is 1310. The van der Waals surface area contributed by atoms with Gasteiger partial charge in [-0.25, -0.2) is 4.39 Å². The van der Waals surface area contributed by atoms with Crippen molar-refractivity contribution in [2.75, 3.05) is 19.6 Å². The molecule has 1 aromatic heterocycles. The first-order valence-electron chi connectivity index (χ1n) is 15.8. The number of benzene rings is 2. The molecule has 0 amide bonds. The van der Waals surface area contributed by atoms with Crippen molar-refractivity contribution >= 4 is 5.97 Å². The second-order valence-electron chi connectivity index (χ2n) is 12.9. The highest BCUT2D eigenvalue weighted by Crippen LogP contribution is 2.49. The van der Waals surface area contributed by atoms with Crippen LogP contribution < -0.4 is 0 Å². The summed E-state index contributed by atoms with van der Waals surface area (Å²) in [6.45, 7) is 6.10. The number of aliphatic carboxylic acids is 1. The maximum absolute atomic E-state index is 14.2. The topological polar surface area (TPSA) is 58.4 Å². The van der Waals surface area contributed by atoms with Crippen LogP contribution in [0.2, 0.25) is 0 Å². The van der Waals surface area contributed by atoms with Gasteiger partial charge >= 0.3 is 5.97 Å². The fourth-order valence-electron chi connectivity index (χ4n) is 7.75. The minimum absolute atomic E-state index is 0.172. The zero-order valence-corrected chi connectivity index (χ0v) is 24.3. The van der Waals surface area contributed by atoms with Crippen molar-refractivity contribution in [3.05, 3.63) is 89.0 Å². The summed E-state index contributed by atoms with van der Waals surface area (Å²) in [5, 5.41) is 15.0. The van der Waals surface area contributed by atoms with E-state index in [0.717, 1.165) is 76.0 Å². The molecular formula is C35H44FN3O2. The highest BCUT2D eigenvalue weighted by Gasteiger charge is 2.43. The van der Waals surface area contributed by atoms with Crippen molar-refractivity contribution in [1.29, 1.82) is 0 Å². The molecule has 5 nitrogen and oxygen atoms in total. The van der Waals surface area contributed by atoms with Gasteiger partial charge in [0.1, 0.15) is 5.82 Å². The number of halogens is 1. The standard InChI is InChI=1S/C35H44FN3O2/c1-2-39-34(22-31(37-39)17-24-7-4-3-5-8-24)26-13-15-38(16-14-26)23-29-19-28(33(35(40)41)18-25-11-12-25)21-32(29)27-9-6-10-30(36)20-27/h3-10,20,22,25-26,28-29,32-33H,2,11-19,21,23H2,1H3,(H,40,41)/t28?,29?,32?,33-/m0/s1. The van der Waals surface area contributed by atoms with E-state index in [2.05, 4.69) is 52.9 Å². The van der Waals surface area contributed by atoms with E-state index in [1.54, 1.807) is 6.07 Å². The first kappa shape index (κ1) is 28.1. The molecule has 1 saturated heterocycles. The minimum Gasteiger partial charge on any atom is -0.481 e. The lowest BCUT2D eigenvalue weighted by Crippen LogP contribution is -2.37. The predicted octanol–water partition coefficient (Wildman–Crippen LogP) is 7.12. The monoisotopic (exact) mass is 557 g/mol. The molecule has 41 heavy (non-hydrogen) atoms. The van der Waals surface area contributed by atoms with Crippen LogP contribution in [-0.2, 0) is 17.8 Å². The SMILES string of the molecule is CCn1nc(Cc2ccccc2)cc1C1CCN(CC2CC([C@H](CC3CC3)C(=O)O)CC2c2cccc(F)c2)CC1. The maximum Gasteiger partial charge on any atom is 0.306 e. The molecule has 0 spiro atoms.